The normalized spacial score (nSPS) is 19.9. The minimum atomic E-state index is 0.195. The van der Waals surface area contributed by atoms with Gasteiger partial charge < -0.3 is 9.88 Å². The summed E-state index contributed by atoms with van der Waals surface area (Å²) in [6.07, 6.45) is 2.97. The highest BCUT2D eigenvalue weighted by Gasteiger charge is 2.25. The number of nitrogens with zero attached hydrogens (tertiary/aromatic N) is 3. The number of rotatable bonds is 4. The highest BCUT2D eigenvalue weighted by Crippen LogP contribution is 2.30. The molecule has 0 aliphatic carbocycles. The van der Waals surface area contributed by atoms with Gasteiger partial charge in [-0.05, 0) is 55.0 Å². The van der Waals surface area contributed by atoms with Crippen LogP contribution >= 0.6 is 11.8 Å². The average molecular weight is 395 g/mol. The van der Waals surface area contributed by atoms with Crippen molar-refractivity contribution < 1.29 is 4.79 Å². The van der Waals surface area contributed by atoms with Gasteiger partial charge in [0.05, 0.1) is 16.8 Å². The SMILES string of the molecule is Cc1ccc2nc(-c3cccnc3SCC(=O)N3C[C@@H](C)C[C@H](C)C3)[nH]c2c1. The Balaban J connectivity index is 1.52. The first kappa shape index (κ1) is 19.0. The first-order valence-corrected chi connectivity index (χ1v) is 10.8. The molecule has 6 heteroatoms. The van der Waals surface area contributed by atoms with E-state index in [9.17, 15) is 4.79 Å². The van der Waals surface area contributed by atoms with E-state index >= 15 is 0 Å². The molecule has 1 saturated heterocycles. The fourth-order valence-electron chi connectivity index (χ4n) is 4.03. The van der Waals surface area contributed by atoms with Crippen molar-refractivity contribution in [1.29, 1.82) is 0 Å². The van der Waals surface area contributed by atoms with Gasteiger partial charge >= 0.3 is 0 Å². The van der Waals surface area contributed by atoms with E-state index in [1.165, 1.54) is 23.7 Å². The molecule has 1 fully saturated rings. The summed E-state index contributed by atoms with van der Waals surface area (Å²) in [5.41, 5.74) is 4.09. The van der Waals surface area contributed by atoms with Crippen molar-refractivity contribution in [3.63, 3.8) is 0 Å². The van der Waals surface area contributed by atoms with E-state index in [0.717, 1.165) is 40.5 Å². The topological polar surface area (TPSA) is 61.9 Å². The Kier molecular flexibility index (Phi) is 5.40. The predicted molar refractivity (Wildman–Crippen MR) is 114 cm³/mol. The van der Waals surface area contributed by atoms with E-state index in [2.05, 4.69) is 42.9 Å². The number of aromatic nitrogens is 3. The van der Waals surface area contributed by atoms with Crippen LogP contribution in [-0.2, 0) is 4.79 Å². The molecular weight excluding hydrogens is 368 g/mol. The number of imidazole rings is 1. The maximum absolute atomic E-state index is 12.7. The quantitative estimate of drug-likeness (QED) is 0.661. The number of hydrogen-bond donors (Lipinski definition) is 1. The van der Waals surface area contributed by atoms with Crippen molar-refractivity contribution in [2.75, 3.05) is 18.8 Å². The van der Waals surface area contributed by atoms with Crippen LogP contribution in [0.3, 0.4) is 0 Å². The molecule has 0 spiro atoms. The first-order chi connectivity index (χ1) is 13.5. The van der Waals surface area contributed by atoms with Crippen molar-refractivity contribution in [2.24, 2.45) is 11.8 Å². The van der Waals surface area contributed by atoms with E-state index in [1.54, 1.807) is 6.20 Å². The molecule has 28 heavy (non-hydrogen) atoms. The molecule has 0 bridgehead atoms. The average Bonchev–Trinajstić information content (AvgIpc) is 3.08. The summed E-state index contributed by atoms with van der Waals surface area (Å²) in [4.78, 5) is 27.4. The zero-order valence-electron chi connectivity index (χ0n) is 16.6. The molecule has 1 aliphatic heterocycles. The molecule has 1 aromatic carbocycles. The maximum atomic E-state index is 12.7. The highest BCUT2D eigenvalue weighted by atomic mass is 32.2. The molecule has 0 radical (unpaired) electrons. The number of H-pyrrole nitrogens is 1. The summed E-state index contributed by atoms with van der Waals surface area (Å²) in [7, 11) is 0. The number of carbonyl (C=O) groups excluding carboxylic acids is 1. The van der Waals surface area contributed by atoms with Crippen LogP contribution in [0.5, 0.6) is 0 Å². The number of fused-ring (bicyclic) bond motifs is 1. The standard InChI is InChI=1S/C22H26N4OS/c1-14-6-7-18-19(10-14)25-21(24-18)17-5-4-8-23-22(17)28-13-20(27)26-11-15(2)9-16(3)12-26/h4-8,10,15-16H,9,11-13H2,1-3H3,(H,24,25)/t15-,16-/m0/s1. The summed E-state index contributed by atoms with van der Waals surface area (Å²) < 4.78 is 0. The van der Waals surface area contributed by atoms with E-state index in [4.69, 9.17) is 4.98 Å². The lowest BCUT2D eigenvalue weighted by Gasteiger charge is -2.35. The number of likely N-dealkylation sites (tertiary alicyclic amines) is 1. The number of carbonyl (C=O) groups is 1. The number of hydrogen-bond acceptors (Lipinski definition) is 4. The second-order valence-corrected chi connectivity index (χ2v) is 8.96. The van der Waals surface area contributed by atoms with Crippen LogP contribution in [0, 0.1) is 18.8 Å². The predicted octanol–water partition coefficient (Wildman–Crippen LogP) is 4.53. The first-order valence-electron chi connectivity index (χ1n) is 9.82. The number of aryl methyl sites for hydroxylation is 1. The van der Waals surface area contributed by atoms with Crippen LogP contribution in [0.1, 0.15) is 25.8 Å². The van der Waals surface area contributed by atoms with Crippen LogP contribution in [-0.4, -0.2) is 44.6 Å². The van der Waals surface area contributed by atoms with Gasteiger partial charge in [-0.1, -0.05) is 31.7 Å². The Labute approximate surface area is 170 Å². The smallest absolute Gasteiger partial charge is 0.233 e. The van der Waals surface area contributed by atoms with E-state index in [0.29, 0.717) is 17.6 Å². The van der Waals surface area contributed by atoms with Gasteiger partial charge in [-0.3, -0.25) is 4.79 Å². The molecule has 3 aromatic rings. The van der Waals surface area contributed by atoms with Gasteiger partial charge in [0.1, 0.15) is 10.9 Å². The Morgan fingerprint density at radius 3 is 2.82 bits per heavy atom. The Morgan fingerprint density at radius 2 is 2.04 bits per heavy atom. The van der Waals surface area contributed by atoms with Crippen molar-refractivity contribution in [3.05, 3.63) is 42.1 Å². The molecule has 1 aliphatic rings. The van der Waals surface area contributed by atoms with Crippen molar-refractivity contribution in [2.45, 2.75) is 32.2 Å². The van der Waals surface area contributed by atoms with E-state index in [-0.39, 0.29) is 5.91 Å². The third kappa shape index (κ3) is 4.07. The number of thioether (sulfide) groups is 1. The summed E-state index contributed by atoms with van der Waals surface area (Å²) in [5.74, 6) is 2.54. The summed E-state index contributed by atoms with van der Waals surface area (Å²) in [6, 6.07) is 10.1. The van der Waals surface area contributed by atoms with Crippen LogP contribution in [0.4, 0.5) is 0 Å². The third-order valence-corrected chi connectivity index (χ3v) is 6.21. The third-order valence-electron chi connectivity index (χ3n) is 5.22. The zero-order valence-corrected chi connectivity index (χ0v) is 17.4. The number of benzene rings is 1. The lowest BCUT2D eigenvalue weighted by atomic mass is 9.92. The highest BCUT2D eigenvalue weighted by molar-refractivity contribution is 8.00. The summed E-state index contributed by atoms with van der Waals surface area (Å²) >= 11 is 1.50. The Morgan fingerprint density at radius 1 is 1.25 bits per heavy atom. The zero-order chi connectivity index (χ0) is 19.7. The Bertz CT molecular complexity index is 989. The van der Waals surface area contributed by atoms with Crippen LogP contribution in [0.15, 0.2) is 41.6 Å². The number of nitrogens with one attached hydrogen (secondary N) is 1. The van der Waals surface area contributed by atoms with Crippen molar-refractivity contribution in [1.82, 2.24) is 19.9 Å². The molecule has 0 unspecified atom stereocenters. The summed E-state index contributed by atoms with van der Waals surface area (Å²) in [5, 5.41) is 0.838. The Hall–Kier alpha value is -2.34. The molecule has 4 rings (SSSR count). The van der Waals surface area contributed by atoms with Crippen molar-refractivity contribution in [3.8, 4) is 11.4 Å². The molecular formula is C22H26N4OS. The molecule has 1 N–H and O–H groups in total. The molecule has 5 nitrogen and oxygen atoms in total. The molecule has 0 saturated carbocycles. The molecule has 3 heterocycles. The second-order valence-electron chi connectivity index (χ2n) is 8.00. The van der Waals surface area contributed by atoms with Gasteiger partial charge in [-0.15, -0.1) is 0 Å². The largest absolute Gasteiger partial charge is 0.341 e. The molecule has 146 valence electrons. The summed E-state index contributed by atoms with van der Waals surface area (Å²) in [6.45, 7) is 8.25. The second kappa shape index (κ2) is 7.95. The maximum Gasteiger partial charge on any atom is 0.233 e. The fourth-order valence-corrected chi connectivity index (χ4v) is 4.92. The van der Waals surface area contributed by atoms with Crippen LogP contribution in [0.25, 0.3) is 22.4 Å². The number of amides is 1. The fraction of sp³-hybridized carbons (Fsp3) is 0.409. The van der Waals surface area contributed by atoms with Gasteiger partial charge in [0, 0.05) is 24.8 Å². The van der Waals surface area contributed by atoms with Gasteiger partial charge in [0.2, 0.25) is 5.91 Å². The molecule has 1 amide bonds. The van der Waals surface area contributed by atoms with Gasteiger partial charge in [-0.2, -0.15) is 0 Å². The number of piperidine rings is 1. The lowest BCUT2D eigenvalue weighted by Crippen LogP contribution is -2.43. The minimum Gasteiger partial charge on any atom is -0.341 e. The monoisotopic (exact) mass is 394 g/mol. The van der Waals surface area contributed by atoms with Crippen LogP contribution < -0.4 is 0 Å². The van der Waals surface area contributed by atoms with E-state index in [1.807, 2.05) is 23.1 Å². The van der Waals surface area contributed by atoms with E-state index < -0.39 is 0 Å². The molecule has 2 atom stereocenters. The van der Waals surface area contributed by atoms with Gasteiger partial charge in [-0.25, -0.2) is 9.97 Å². The lowest BCUT2D eigenvalue weighted by molar-refractivity contribution is -0.130. The van der Waals surface area contributed by atoms with Gasteiger partial charge in [0.25, 0.3) is 0 Å². The molecule has 2 aromatic heterocycles. The minimum absolute atomic E-state index is 0.195. The van der Waals surface area contributed by atoms with Crippen LogP contribution in [0.2, 0.25) is 0 Å². The number of aromatic amines is 1. The van der Waals surface area contributed by atoms with Gasteiger partial charge in [0.15, 0.2) is 0 Å². The number of pyridine rings is 1. The van der Waals surface area contributed by atoms with Crippen molar-refractivity contribution >= 4 is 28.7 Å².